The van der Waals surface area contributed by atoms with Crippen molar-refractivity contribution in [2.24, 2.45) is 0 Å². The molecule has 0 spiro atoms. The molecule has 0 bridgehead atoms. The molecular weight excluding hydrogens is 574 g/mol. The van der Waals surface area contributed by atoms with Gasteiger partial charge in [-0.25, -0.2) is 0 Å². The number of halogens is 8. The van der Waals surface area contributed by atoms with Crippen molar-refractivity contribution >= 4 is 77.5 Å². The second-order valence-corrected chi connectivity index (χ2v) is 32.3. The summed E-state index contributed by atoms with van der Waals surface area (Å²) in [5, 5.41) is 0. The second-order valence-electron chi connectivity index (χ2n) is 0.606. The van der Waals surface area contributed by atoms with E-state index in [1.165, 1.54) is 0 Å². The molecule has 0 radical (unpaired) electrons. The molecule has 0 aromatic heterocycles. The van der Waals surface area contributed by atoms with E-state index in [0.29, 0.717) is 0 Å². The van der Waals surface area contributed by atoms with Crippen molar-refractivity contribution in [3.8, 4) is 0 Å². The molecule has 0 atom stereocenters. The number of nitrogens with two attached hydrogens (primary N) is 1. The van der Waals surface area contributed by atoms with Gasteiger partial charge in [0.15, 0.2) is 0 Å². The fourth-order valence-electron chi connectivity index (χ4n) is 0. The monoisotopic (exact) mass is 590 g/mol. The fraction of sp³-hybridized carbons (Fsp3) is 0. The molecule has 16 heavy (non-hydrogen) atoms. The summed E-state index contributed by atoms with van der Waals surface area (Å²) in [4.78, 5) is 0. The molecule has 0 fully saturated rings. The largest absolute Gasteiger partial charge is 0.693 e. The Morgan fingerprint density at radius 2 is 0.438 bits per heavy atom. The number of rotatable bonds is 0. The zero-order chi connectivity index (χ0) is 9.00. The molecular formula is H18Cl8N4O2Ru2. The smallest absolute Gasteiger partial charge is 0.369 e. The maximum absolute atomic E-state index is 5.00. The predicted octanol–water partition coefficient (Wildman–Crippen LogP) is 5.71. The van der Waals surface area contributed by atoms with Crippen LogP contribution >= 0.6 is 77.5 Å². The first kappa shape index (κ1) is 50.6. The van der Waals surface area contributed by atoms with E-state index in [2.05, 4.69) is 0 Å². The van der Waals surface area contributed by atoms with Crippen molar-refractivity contribution in [3.05, 3.63) is 6.15 Å². The van der Waals surface area contributed by atoms with Crippen LogP contribution in [-0.2, 0) is 21.6 Å². The van der Waals surface area contributed by atoms with Gasteiger partial charge in [0.1, 0.15) is 0 Å². The molecule has 122 valence electrons. The Morgan fingerprint density at radius 3 is 0.438 bits per heavy atom. The van der Waals surface area contributed by atoms with E-state index in [0.717, 1.165) is 0 Å². The van der Waals surface area contributed by atoms with Gasteiger partial charge in [0.05, 0.1) is 0 Å². The summed E-state index contributed by atoms with van der Waals surface area (Å²) in [6.45, 7) is 0. The maximum atomic E-state index is 5.00. The Labute approximate surface area is 133 Å². The van der Waals surface area contributed by atoms with Crippen LogP contribution in [0.4, 0.5) is 0 Å². The summed E-state index contributed by atoms with van der Waals surface area (Å²) in [5.74, 6) is 0. The van der Waals surface area contributed by atoms with E-state index in [1.54, 1.807) is 0 Å². The summed E-state index contributed by atoms with van der Waals surface area (Å²) < 4.78 is 0. The van der Waals surface area contributed by atoms with E-state index < -0.39 is 21.6 Å². The van der Waals surface area contributed by atoms with Gasteiger partial charge in [-0.3, -0.25) is 0 Å². The van der Waals surface area contributed by atoms with Gasteiger partial charge in [0.25, 0.3) is 0 Å². The molecule has 0 unspecified atom stereocenters. The number of hydrogen-bond acceptors (Lipinski definition) is 0. The van der Waals surface area contributed by atoms with E-state index in [4.69, 9.17) is 77.5 Å². The molecule has 0 aliphatic rings. The zero-order valence-corrected chi connectivity index (χ0v) is 17.8. The first-order chi connectivity index (χ1) is 4.00. The summed E-state index contributed by atoms with van der Waals surface area (Å²) >= 11 is 0. The molecule has 0 rings (SSSR count). The van der Waals surface area contributed by atoms with Crippen LogP contribution < -0.4 is 18.5 Å². The van der Waals surface area contributed by atoms with E-state index in [-0.39, 0.29) is 35.6 Å². The van der Waals surface area contributed by atoms with Crippen LogP contribution in [0.1, 0.15) is 0 Å². The van der Waals surface area contributed by atoms with E-state index in [1.807, 2.05) is 0 Å². The molecule has 0 aromatic rings. The third kappa shape index (κ3) is 417. The third-order valence-electron chi connectivity index (χ3n) is 0. The minimum Gasteiger partial charge on any atom is -0.693 e. The first-order valence-electron chi connectivity index (χ1n) is 1.07. The van der Waals surface area contributed by atoms with Crippen LogP contribution in [0.25, 0.3) is 6.15 Å². The molecule has 16 heteroatoms. The van der Waals surface area contributed by atoms with Crippen molar-refractivity contribution in [2.75, 3.05) is 0 Å². The van der Waals surface area contributed by atoms with Gasteiger partial charge in [-0.05, 0) is 0 Å². The summed E-state index contributed by atoms with van der Waals surface area (Å²) in [6.07, 6.45) is 0. The van der Waals surface area contributed by atoms with Crippen molar-refractivity contribution in [1.82, 2.24) is 18.5 Å². The molecule has 0 amide bonds. The zero-order valence-electron chi connectivity index (χ0n) is 8.31. The molecule has 18 N–H and O–H groups in total. The van der Waals surface area contributed by atoms with Crippen LogP contribution in [0.2, 0.25) is 0 Å². The Hall–Kier alpha value is 3.33. The van der Waals surface area contributed by atoms with E-state index >= 15 is 0 Å². The van der Waals surface area contributed by atoms with Crippen molar-refractivity contribution < 1.29 is 32.6 Å². The van der Waals surface area contributed by atoms with E-state index in [9.17, 15) is 0 Å². The van der Waals surface area contributed by atoms with Gasteiger partial charge in [-0.2, -0.15) is 0 Å². The van der Waals surface area contributed by atoms with Crippen molar-refractivity contribution in [2.45, 2.75) is 0 Å². The molecule has 6 nitrogen and oxygen atoms in total. The summed E-state index contributed by atoms with van der Waals surface area (Å²) in [6, 6.07) is 0. The second kappa shape index (κ2) is 23.4. The summed E-state index contributed by atoms with van der Waals surface area (Å²) in [7, 11) is 34.0. The predicted molar refractivity (Wildman–Crippen MR) is 77.3 cm³/mol. The van der Waals surface area contributed by atoms with Crippen molar-refractivity contribution in [1.29, 1.82) is 0 Å². The molecule has 0 heterocycles. The topological polar surface area (TPSA) is 206 Å². The Morgan fingerprint density at radius 1 is 0.438 bits per heavy atom. The normalized spacial score (nSPS) is 9.50. The average Bonchev–Trinajstić information content (AvgIpc) is 1.12. The van der Waals surface area contributed by atoms with Gasteiger partial charge >= 0.3 is 99.2 Å². The Bertz CT molecular complexity index is 71.0. The quantitative estimate of drug-likeness (QED) is 0.289. The Balaban J connectivity index is -0.00000000970. The molecule has 0 saturated carbocycles. The third-order valence-corrected chi connectivity index (χ3v) is 0. The fourth-order valence-corrected chi connectivity index (χ4v) is 0. The Kier molecular flexibility index (Phi) is 74.1. The number of quaternary nitrogens is 3. The molecule has 0 saturated heterocycles. The minimum absolute atomic E-state index is 0. The average molecular weight is 592 g/mol. The van der Waals surface area contributed by atoms with Crippen LogP contribution in [0.3, 0.4) is 0 Å². The van der Waals surface area contributed by atoms with Crippen LogP contribution in [0.5, 0.6) is 0 Å². The van der Waals surface area contributed by atoms with Crippen molar-refractivity contribution in [3.63, 3.8) is 0 Å². The van der Waals surface area contributed by atoms with Crippen LogP contribution in [0, 0.1) is 0 Å². The van der Waals surface area contributed by atoms with Crippen LogP contribution in [0.15, 0.2) is 0 Å². The maximum Gasteiger partial charge on any atom is -0.369 e. The summed E-state index contributed by atoms with van der Waals surface area (Å²) in [5.41, 5.74) is 0. The van der Waals surface area contributed by atoms with Gasteiger partial charge in [0.2, 0.25) is 0 Å². The first-order valence-corrected chi connectivity index (χ1v) is 19.0. The van der Waals surface area contributed by atoms with Crippen LogP contribution in [-0.4, -0.2) is 11.0 Å². The van der Waals surface area contributed by atoms with Gasteiger partial charge in [0, 0.05) is 0 Å². The standard InChI is InChI=1S/8ClH.3H3N.H2N.2H2O.2Ru/h8*1H;3*1H3;3*1H2;;/q;;;;;;;;;;;-1;;;2*+3/p-5. The minimum atomic E-state index is -2.97. The molecule has 0 aromatic carbocycles. The SMILES string of the molecule is O.O.[Cl][Ru-]([Cl])([Cl])[Cl].[Cl][Ru-]([Cl])([Cl])[Cl].[NH2-].[NH4+].[NH4+].[NH4+]. The van der Waals surface area contributed by atoms with Gasteiger partial charge in [-0.15, -0.1) is 0 Å². The molecule has 0 aliphatic carbocycles. The van der Waals surface area contributed by atoms with Gasteiger partial charge < -0.3 is 35.6 Å². The van der Waals surface area contributed by atoms with Gasteiger partial charge in [-0.1, -0.05) is 0 Å². The molecule has 0 aliphatic heterocycles. The number of hydrogen-bond donors (Lipinski definition) is 3.